The Morgan fingerprint density at radius 2 is 1.41 bits per heavy atom. The summed E-state index contributed by atoms with van der Waals surface area (Å²) in [6.07, 6.45) is 1.78. The zero-order valence-electron chi connectivity index (χ0n) is 16.3. The molecule has 0 aliphatic carbocycles. The van der Waals surface area contributed by atoms with Crippen molar-refractivity contribution in [2.24, 2.45) is 0 Å². The minimum atomic E-state index is -0.163. The van der Waals surface area contributed by atoms with Crippen molar-refractivity contribution in [1.82, 2.24) is 9.78 Å². The van der Waals surface area contributed by atoms with Gasteiger partial charge in [-0.2, -0.15) is 0 Å². The van der Waals surface area contributed by atoms with Gasteiger partial charge in [-0.3, -0.25) is 4.79 Å². The molecule has 0 saturated carbocycles. The molecule has 0 N–H and O–H groups in total. The predicted molar refractivity (Wildman–Crippen MR) is 115 cm³/mol. The van der Waals surface area contributed by atoms with E-state index < -0.39 is 0 Å². The smallest absolute Gasteiger partial charge is 0.278 e. The van der Waals surface area contributed by atoms with Crippen LogP contribution in [0.25, 0.3) is 11.1 Å². The van der Waals surface area contributed by atoms with Crippen LogP contribution in [0, 0.1) is 0 Å². The number of hydrogen-bond acceptors (Lipinski definition) is 4. The van der Waals surface area contributed by atoms with Crippen LogP contribution in [-0.2, 0) is 0 Å². The van der Waals surface area contributed by atoms with Crippen molar-refractivity contribution in [1.29, 1.82) is 0 Å². The third-order valence-corrected chi connectivity index (χ3v) is 4.49. The molecule has 0 spiro atoms. The van der Waals surface area contributed by atoms with Crippen LogP contribution in [0.3, 0.4) is 0 Å². The number of benzene rings is 3. The van der Waals surface area contributed by atoms with Crippen molar-refractivity contribution in [3.8, 4) is 22.6 Å². The molecule has 0 aliphatic rings. The Bertz CT molecular complexity index is 1100. The molecule has 0 saturated heterocycles. The second-order valence-corrected chi connectivity index (χ2v) is 6.82. The first-order valence-corrected chi connectivity index (χ1v) is 9.32. The zero-order valence-corrected chi connectivity index (χ0v) is 16.3. The van der Waals surface area contributed by atoms with Gasteiger partial charge in [0.2, 0.25) is 0 Å². The van der Waals surface area contributed by atoms with E-state index in [-0.39, 0.29) is 5.91 Å². The number of hydrogen-bond donors (Lipinski definition) is 0. The highest BCUT2D eigenvalue weighted by atomic mass is 16.5. The maximum absolute atomic E-state index is 12.8. The third kappa shape index (κ3) is 4.04. The van der Waals surface area contributed by atoms with Crippen LogP contribution in [-0.4, -0.2) is 29.8 Å². The van der Waals surface area contributed by atoms with E-state index in [1.165, 1.54) is 4.68 Å². The Balaban J connectivity index is 1.64. The number of nitrogens with zero attached hydrogens (tertiary/aromatic N) is 3. The maximum atomic E-state index is 12.8. The molecule has 29 heavy (non-hydrogen) atoms. The molecule has 0 amide bonds. The van der Waals surface area contributed by atoms with E-state index in [0.29, 0.717) is 5.56 Å². The summed E-state index contributed by atoms with van der Waals surface area (Å²) in [4.78, 5) is 14.7. The van der Waals surface area contributed by atoms with Crippen molar-refractivity contribution in [2.75, 3.05) is 19.0 Å². The van der Waals surface area contributed by atoms with Gasteiger partial charge in [-0.25, -0.2) is 4.68 Å². The van der Waals surface area contributed by atoms with Gasteiger partial charge < -0.3 is 9.64 Å². The standard InChI is InChI=1S/C24H21N3O2/c1-26(2)23-22(17-27(25-23)24(28)19-9-5-3-6-10-19)18-13-15-21(16-14-18)29-20-11-7-4-8-12-20/h3-17H,1-2H3. The normalized spacial score (nSPS) is 10.6. The fourth-order valence-corrected chi connectivity index (χ4v) is 3.04. The van der Waals surface area contributed by atoms with E-state index in [1.807, 2.05) is 91.8 Å². The monoisotopic (exact) mass is 383 g/mol. The van der Waals surface area contributed by atoms with Gasteiger partial charge in [0.05, 0.1) is 0 Å². The number of rotatable bonds is 5. The summed E-state index contributed by atoms with van der Waals surface area (Å²) in [6, 6.07) is 26.6. The van der Waals surface area contributed by atoms with Gasteiger partial charge in [-0.05, 0) is 42.0 Å². The van der Waals surface area contributed by atoms with E-state index in [9.17, 15) is 4.79 Å². The van der Waals surface area contributed by atoms with E-state index >= 15 is 0 Å². The lowest BCUT2D eigenvalue weighted by atomic mass is 10.1. The van der Waals surface area contributed by atoms with Gasteiger partial charge in [0.1, 0.15) is 11.5 Å². The summed E-state index contributed by atoms with van der Waals surface area (Å²) < 4.78 is 7.26. The number of aromatic nitrogens is 2. The van der Waals surface area contributed by atoms with E-state index in [4.69, 9.17) is 4.74 Å². The van der Waals surface area contributed by atoms with Crippen molar-refractivity contribution >= 4 is 11.7 Å². The van der Waals surface area contributed by atoms with Crippen molar-refractivity contribution in [3.05, 3.63) is 96.7 Å². The molecule has 4 rings (SSSR count). The van der Waals surface area contributed by atoms with Gasteiger partial charge in [-0.1, -0.05) is 48.5 Å². The van der Waals surface area contributed by atoms with Crippen molar-refractivity contribution < 1.29 is 9.53 Å². The number of para-hydroxylation sites is 1. The van der Waals surface area contributed by atoms with Crippen LogP contribution in [0.2, 0.25) is 0 Å². The van der Waals surface area contributed by atoms with E-state index in [2.05, 4.69) is 5.10 Å². The lowest BCUT2D eigenvalue weighted by Crippen LogP contribution is -2.15. The molecule has 1 aromatic heterocycles. The van der Waals surface area contributed by atoms with Crippen LogP contribution >= 0.6 is 0 Å². The second-order valence-electron chi connectivity index (χ2n) is 6.82. The van der Waals surface area contributed by atoms with E-state index in [1.54, 1.807) is 18.3 Å². The summed E-state index contributed by atoms with van der Waals surface area (Å²) in [6.45, 7) is 0. The third-order valence-electron chi connectivity index (χ3n) is 4.49. The Morgan fingerprint density at radius 1 is 0.828 bits per heavy atom. The molecule has 5 heteroatoms. The predicted octanol–water partition coefficient (Wildman–Crippen LogP) is 5.10. The number of carbonyl (C=O) groups is 1. The van der Waals surface area contributed by atoms with Crippen molar-refractivity contribution in [3.63, 3.8) is 0 Å². The highest BCUT2D eigenvalue weighted by molar-refractivity contribution is 5.96. The first-order valence-electron chi connectivity index (χ1n) is 9.32. The molecular formula is C24H21N3O2. The molecule has 1 heterocycles. The number of carbonyl (C=O) groups excluding carboxylic acids is 1. The van der Waals surface area contributed by atoms with Crippen LogP contribution in [0.4, 0.5) is 5.82 Å². The molecule has 0 unspecified atom stereocenters. The minimum Gasteiger partial charge on any atom is -0.457 e. The quantitative estimate of drug-likeness (QED) is 0.481. The summed E-state index contributed by atoms with van der Waals surface area (Å²) in [5.41, 5.74) is 2.44. The Kier molecular flexibility index (Phi) is 5.12. The lowest BCUT2D eigenvalue weighted by molar-refractivity contribution is 0.0945. The molecule has 4 aromatic rings. The zero-order chi connectivity index (χ0) is 20.2. The van der Waals surface area contributed by atoms with Gasteiger partial charge in [-0.15, -0.1) is 5.10 Å². The lowest BCUT2D eigenvalue weighted by Gasteiger charge is -2.11. The Labute approximate surface area is 169 Å². The second kappa shape index (κ2) is 8.02. The largest absolute Gasteiger partial charge is 0.457 e. The molecule has 0 atom stereocenters. The van der Waals surface area contributed by atoms with Gasteiger partial charge >= 0.3 is 0 Å². The van der Waals surface area contributed by atoms with Gasteiger partial charge in [0.15, 0.2) is 5.82 Å². The SMILES string of the molecule is CN(C)c1nn(C(=O)c2ccccc2)cc1-c1ccc(Oc2ccccc2)cc1. The first-order chi connectivity index (χ1) is 14.1. The minimum absolute atomic E-state index is 0.163. The Hall–Kier alpha value is -3.86. The average molecular weight is 383 g/mol. The number of ether oxygens (including phenoxy) is 1. The van der Waals surface area contributed by atoms with Crippen LogP contribution in [0.5, 0.6) is 11.5 Å². The van der Waals surface area contributed by atoms with Crippen LogP contribution in [0.15, 0.2) is 91.1 Å². The first kappa shape index (κ1) is 18.5. The molecule has 0 aliphatic heterocycles. The summed E-state index contributed by atoms with van der Waals surface area (Å²) in [7, 11) is 3.83. The van der Waals surface area contributed by atoms with Crippen LogP contribution in [0.1, 0.15) is 10.4 Å². The molecule has 5 nitrogen and oxygen atoms in total. The van der Waals surface area contributed by atoms with Crippen molar-refractivity contribution in [2.45, 2.75) is 0 Å². The van der Waals surface area contributed by atoms with E-state index in [0.717, 1.165) is 28.4 Å². The molecule has 0 radical (unpaired) electrons. The van der Waals surface area contributed by atoms with Crippen LogP contribution < -0.4 is 9.64 Å². The highest BCUT2D eigenvalue weighted by Gasteiger charge is 2.17. The fraction of sp³-hybridized carbons (Fsp3) is 0.0833. The summed E-state index contributed by atoms with van der Waals surface area (Å²) >= 11 is 0. The highest BCUT2D eigenvalue weighted by Crippen LogP contribution is 2.31. The summed E-state index contributed by atoms with van der Waals surface area (Å²) in [5, 5.41) is 4.51. The van der Waals surface area contributed by atoms with Gasteiger partial charge in [0.25, 0.3) is 5.91 Å². The molecule has 0 fully saturated rings. The number of anilines is 1. The Morgan fingerprint density at radius 3 is 2.03 bits per heavy atom. The molecule has 3 aromatic carbocycles. The van der Waals surface area contributed by atoms with Gasteiger partial charge in [0, 0.05) is 31.4 Å². The molecular weight excluding hydrogens is 362 g/mol. The average Bonchev–Trinajstić information content (AvgIpc) is 3.21. The maximum Gasteiger partial charge on any atom is 0.278 e. The molecule has 0 bridgehead atoms. The topological polar surface area (TPSA) is 47.4 Å². The molecule has 144 valence electrons. The fourth-order valence-electron chi connectivity index (χ4n) is 3.04. The summed E-state index contributed by atoms with van der Waals surface area (Å²) in [5.74, 6) is 2.10.